The summed E-state index contributed by atoms with van der Waals surface area (Å²) in [6.07, 6.45) is 0. The van der Waals surface area contributed by atoms with Crippen LogP contribution in [0.2, 0.25) is 0 Å². The number of benzene rings is 2. The van der Waals surface area contributed by atoms with Crippen LogP contribution in [-0.4, -0.2) is 25.0 Å². The number of rotatable bonds is 8. The summed E-state index contributed by atoms with van der Waals surface area (Å²) >= 11 is 0. The lowest BCUT2D eigenvalue weighted by molar-refractivity contribution is -0.119. The van der Waals surface area contributed by atoms with Crippen molar-refractivity contribution >= 4 is 35.8 Å². The molecule has 0 aromatic heterocycles. The first-order chi connectivity index (χ1) is 12.6. The molecule has 0 radical (unpaired) electrons. The molecule has 0 heterocycles. The van der Waals surface area contributed by atoms with E-state index in [2.05, 4.69) is 15.6 Å². The highest BCUT2D eigenvalue weighted by molar-refractivity contribution is 14.0. The molecule has 0 aliphatic carbocycles. The molecule has 2 aromatic carbocycles. The molecule has 27 heavy (non-hydrogen) atoms. The number of halogens is 2. The highest BCUT2D eigenvalue weighted by Crippen LogP contribution is 2.14. The quantitative estimate of drug-likeness (QED) is 0.304. The lowest BCUT2D eigenvalue weighted by Crippen LogP contribution is -2.36. The Bertz CT molecular complexity index is 754. The number of ether oxygens (including phenoxy) is 1. The number of nitrogens with two attached hydrogens (primary N) is 1. The Morgan fingerprint density at radius 2 is 1.89 bits per heavy atom. The second-order valence-corrected chi connectivity index (χ2v) is 5.58. The van der Waals surface area contributed by atoms with E-state index in [4.69, 9.17) is 10.5 Å². The molecule has 0 atom stereocenters. The summed E-state index contributed by atoms with van der Waals surface area (Å²) in [5.74, 6) is 0.446. The van der Waals surface area contributed by atoms with E-state index in [1.54, 1.807) is 18.2 Å². The second kappa shape index (κ2) is 12.1. The van der Waals surface area contributed by atoms with Crippen molar-refractivity contribution in [3.63, 3.8) is 0 Å². The molecule has 1 amide bonds. The van der Waals surface area contributed by atoms with Crippen LogP contribution in [0.4, 0.5) is 4.39 Å². The minimum absolute atomic E-state index is 0. The molecule has 0 spiro atoms. The van der Waals surface area contributed by atoms with Crippen LogP contribution < -0.4 is 21.1 Å². The van der Waals surface area contributed by atoms with Crippen molar-refractivity contribution in [1.29, 1.82) is 0 Å². The van der Waals surface area contributed by atoms with Crippen molar-refractivity contribution in [3.8, 4) is 5.75 Å². The molecule has 8 heteroatoms. The first-order valence-electron chi connectivity index (χ1n) is 8.33. The smallest absolute Gasteiger partial charge is 0.255 e. The zero-order valence-corrected chi connectivity index (χ0v) is 17.4. The molecule has 4 N–H and O–H groups in total. The van der Waals surface area contributed by atoms with Crippen molar-refractivity contribution in [2.45, 2.75) is 20.0 Å². The Morgan fingerprint density at radius 3 is 2.56 bits per heavy atom. The van der Waals surface area contributed by atoms with Gasteiger partial charge in [-0.15, -0.1) is 24.0 Å². The van der Waals surface area contributed by atoms with Crippen molar-refractivity contribution in [2.24, 2.45) is 10.7 Å². The van der Waals surface area contributed by atoms with Gasteiger partial charge in [-0.3, -0.25) is 4.79 Å². The van der Waals surface area contributed by atoms with Gasteiger partial charge in [0.25, 0.3) is 5.91 Å². The lowest BCUT2D eigenvalue weighted by atomic mass is 10.2. The molecule has 0 bridgehead atoms. The van der Waals surface area contributed by atoms with E-state index >= 15 is 0 Å². The van der Waals surface area contributed by atoms with E-state index in [1.165, 1.54) is 12.1 Å². The zero-order chi connectivity index (χ0) is 18.8. The second-order valence-electron chi connectivity index (χ2n) is 5.58. The van der Waals surface area contributed by atoms with E-state index in [0.717, 1.165) is 17.7 Å². The minimum atomic E-state index is -0.521. The maximum atomic E-state index is 13.0. The number of carbonyl (C=O) groups excluding carboxylic acids is 1. The van der Waals surface area contributed by atoms with E-state index < -0.39 is 5.91 Å². The van der Waals surface area contributed by atoms with Crippen molar-refractivity contribution in [2.75, 3.05) is 13.2 Å². The number of guanidine groups is 1. The molecule has 2 aromatic rings. The van der Waals surface area contributed by atoms with Gasteiger partial charge in [-0.2, -0.15) is 0 Å². The van der Waals surface area contributed by atoms with E-state index in [1.807, 2.05) is 25.1 Å². The average molecular weight is 486 g/mol. The maximum absolute atomic E-state index is 13.0. The van der Waals surface area contributed by atoms with Gasteiger partial charge in [-0.05, 0) is 42.3 Å². The first-order valence-corrected chi connectivity index (χ1v) is 8.33. The summed E-state index contributed by atoms with van der Waals surface area (Å²) in [7, 11) is 0. The number of hydrogen-bond acceptors (Lipinski definition) is 3. The van der Waals surface area contributed by atoms with Gasteiger partial charge in [-0.25, -0.2) is 9.38 Å². The Balaban J connectivity index is 0.00000364. The largest absolute Gasteiger partial charge is 0.484 e. The molecule has 0 unspecified atom stereocenters. The number of primary amides is 1. The lowest BCUT2D eigenvalue weighted by Gasteiger charge is -2.12. The third kappa shape index (κ3) is 8.72. The predicted molar refractivity (Wildman–Crippen MR) is 115 cm³/mol. The standard InChI is InChI=1S/C19H23FN4O2.HI/c1-2-22-19(23-11-14-6-8-16(20)9-7-14)24-12-15-4-3-5-17(10-15)26-13-18(21)25;/h3-10H,2,11-13H2,1H3,(H2,21,25)(H2,22,23,24);1H. The average Bonchev–Trinajstić information content (AvgIpc) is 2.64. The van der Waals surface area contributed by atoms with Gasteiger partial charge >= 0.3 is 0 Å². The normalized spacial score (nSPS) is 10.7. The molecule has 0 fully saturated rings. The Morgan fingerprint density at radius 1 is 1.15 bits per heavy atom. The molecule has 6 nitrogen and oxygen atoms in total. The van der Waals surface area contributed by atoms with Crippen LogP contribution in [0.15, 0.2) is 53.5 Å². The van der Waals surface area contributed by atoms with Crippen LogP contribution >= 0.6 is 24.0 Å². The van der Waals surface area contributed by atoms with E-state index in [9.17, 15) is 9.18 Å². The first kappa shape index (κ1) is 22.7. The van der Waals surface area contributed by atoms with Crippen LogP contribution in [0.25, 0.3) is 0 Å². The van der Waals surface area contributed by atoms with E-state index in [-0.39, 0.29) is 36.4 Å². The monoisotopic (exact) mass is 486 g/mol. The number of carbonyl (C=O) groups is 1. The SMILES string of the molecule is CCNC(=NCc1cccc(OCC(N)=O)c1)NCc1ccc(F)cc1.I. The number of nitrogens with zero attached hydrogens (tertiary/aromatic N) is 1. The highest BCUT2D eigenvalue weighted by atomic mass is 127. The fraction of sp³-hybridized carbons (Fsp3) is 0.263. The van der Waals surface area contributed by atoms with Crippen molar-refractivity contribution in [1.82, 2.24) is 10.6 Å². The molecule has 0 saturated carbocycles. The van der Waals surface area contributed by atoms with Crippen LogP contribution in [0.3, 0.4) is 0 Å². The Labute approximate surface area is 175 Å². The molecule has 146 valence electrons. The van der Waals surface area contributed by atoms with Crippen molar-refractivity contribution < 1.29 is 13.9 Å². The van der Waals surface area contributed by atoms with Crippen LogP contribution in [-0.2, 0) is 17.9 Å². The third-order valence-corrected chi connectivity index (χ3v) is 3.42. The van der Waals surface area contributed by atoms with Gasteiger partial charge in [-0.1, -0.05) is 24.3 Å². The predicted octanol–water partition coefficient (Wildman–Crippen LogP) is 2.56. The zero-order valence-electron chi connectivity index (χ0n) is 15.1. The van der Waals surface area contributed by atoms with Gasteiger partial charge in [0.1, 0.15) is 11.6 Å². The maximum Gasteiger partial charge on any atom is 0.255 e. The summed E-state index contributed by atoms with van der Waals surface area (Å²) in [6, 6.07) is 13.6. The van der Waals surface area contributed by atoms with Crippen LogP contribution in [0.1, 0.15) is 18.1 Å². The van der Waals surface area contributed by atoms with Gasteiger partial charge < -0.3 is 21.1 Å². The highest BCUT2D eigenvalue weighted by Gasteiger charge is 2.02. The van der Waals surface area contributed by atoms with Crippen LogP contribution in [0, 0.1) is 5.82 Å². The number of hydrogen-bond donors (Lipinski definition) is 3. The summed E-state index contributed by atoms with van der Waals surface area (Å²) in [6.45, 7) is 3.51. The summed E-state index contributed by atoms with van der Waals surface area (Å²) in [5.41, 5.74) is 6.97. The topological polar surface area (TPSA) is 88.7 Å². The van der Waals surface area contributed by atoms with Gasteiger partial charge in [0.15, 0.2) is 12.6 Å². The number of nitrogens with one attached hydrogen (secondary N) is 2. The fourth-order valence-corrected chi connectivity index (χ4v) is 2.19. The molecular formula is C19H24FIN4O2. The molecule has 2 rings (SSSR count). The Kier molecular flexibility index (Phi) is 10.2. The van der Waals surface area contributed by atoms with Crippen molar-refractivity contribution in [3.05, 3.63) is 65.5 Å². The summed E-state index contributed by atoms with van der Waals surface area (Å²) in [5, 5.41) is 6.37. The minimum Gasteiger partial charge on any atom is -0.484 e. The molecular weight excluding hydrogens is 462 g/mol. The number of aliphatic imine (C=N–C) groups is 1. The molecule has 0 saturated heterocycles. The summed E-state index contributed by atoms with van der Waals surface area (Å²) in [4.78, 5) is 15.3. The van der Waals surface area contributed by atoms with E-state index in [0.29, 0.717) is 24.8 Å². The Hall–Kier alpha value is -2.36. The fourth-order valence-electron chi connectivity index (χ4n) is 2.19. The third-order valence-electron chi connectivity index (χ3n) is 3.42. The molecule has 0 aliphatic heterocycles. The van der Waals surface area contributed by atoms with Gasteiger partial charge in [0.05, 0.1) is 6.54 Å². The van der Waals surface area contributed by atoms with Gasteiger partial charge in [0.2, 0.25) is 0 Å². The number of amides is 1. The van der Waals surface area contributed by atoms with Crippen LogP contribution in [0.5, 0.6) is 5.75 Å². The van der Waals surface area contributed by atoms with Gasteiger partial charge in [0, 0.05) is 13.1 Å². The summed E-state index contributed by atoms with van der Waals surface area (Å²) < 4.78 is 18.2. The molecule has 0 aliphatic rings.